The van der Waals surface area contributed by atoms with Crippen LogP contribution in [0.25, 0.3) is 0 Å². The third-order valence-electron chi connectivity index (χ3n) is 5.86. The zero-order valence-electron chi connectivity index (χ0n) is 16.5. The predicted octanol–water partition coefficient (Wildman–Crippen LogP) is 3.25. The number of urea groups is 1. The third kappa shape index (κ3) is 3.86. The van der Waals surface area contributed by atoms with Crippen molar-refractivity contribution in [1.29, 1.82) is 0 Å². The van der Waals surface area contributed by atoms with Gasteiger partial charge in [0.2, 0.25) is 0 Å². The first-order valence-corrected chi connectivity index (χ1v) is 9.87. The molecule has 0 spiro atoms. The molecule has 1 aromatic heterocycles. The Morgan fingerprint density at radius 2 is 1.89 bits per heavy atom. The lowest BCUT2D eigenvalue weighted by Crippen LogP contribution is -2.45. The number of rotatable bonds is 3. The highest BCUT2D eigenvalue weighted by molar-refractivity contribution is 5.90. The van der Waals surface area contributed by atoms with Gasteiger partial charge in [-0.05, 0) is 70.5 Å². The topological polar surface area (TPSA) is 53.4 Å². The summed E-state index contributed by atoms with van der Waals surface area (Å²) in [6, 6.07) is 11.0. The molecule has 6 heteroatoms. The lowest BCUT2D eigenvalue weighted by molar-refractivity contribution is 0.186. The van der Waals surface area contributed by atoms with E-state index in [0.717, 1.165) is 56.0 Å². The molecule has 2 aliphatic heterocycles. The summed E-state index contributed by atoms with van der Waals surface area (Å²) >= 11 is 0. The molecule has 2 atom stereocenters. The van der Waals surface area contributed by atoms with Crippen molar-refractivity contribution in [2.45, 2.75) is 51.7 Å². The van der Waals surface area contributed by atoms with Crippen LogP contribution >= 0.6 is 0 Å². The van der Waals surface area contributed by atoms with Crippen molar-refractivity contribution in [2.75, 3.05) is 25.5 Å². The van der Waals surface area contributed by atoms with Gasteiger partial charge in [0.25, 0.3) is 0 Å². The minimum atomic E-state index is 0.0455. The molecule has 0 saturated carbocycles. The molecule has 6 nitrogen and oxygen atoms in total. The number of hydrogen-bond donors (Lipinski definition) is 1. The lowest BCUT2D eigenvalue weighted by Gasteiger charge is -2.28. The maximum absolute atomic E-state index is 12.9. The number of likely N-dealkylation sites (N-methyl/N-ethyl adjacent to an activating group) is 1. The Bertz CT molecular complexity index is 812. The summed E-state index contributed by atoms with van der Waals surface area (Å²) in [7, 11) is 2.15. The van der Waals surface area contributed by atoms with Crippen LogP contribution in [0, 0.1) is 13.8 Å². The summed E-state index contributed by atoms with van der Waals surface area (Å²) < 4.78 is 2.01. The quantitative estimate of drug-likeness (QED) is 0.906. The van der Waals surface area contributed by atoms with Crippen LogP contribution in [0.1, 0.15) is 36.2 Å². The van der Waals surface area contributed by atoms with Gasteiger partial charge in [0, 0.05) is 30.0 Å². The number of hydrogen-bond acceptors (Lipinski definition) is 3. The van der Waals surface area contributed by atoms with Crippen molar-refractivity contribution in [3.63, 3.8) is 0 Å². The summed E-state index contributed by atoms with van der Waals surface area (Å²) in [5.41, 5.74) is 4.23. The summed E-state index contributed by atoms with van der Waals surface area (Å²) in [5.74, 6) is 0. The number of aryl methyl sites for hydroxylation is 2. The fourth-order valence-corrected chi connectivity index (χ4v) is 4.47. The number of amides is 2. The Balaban J connectivity index is 1.41. The van der Waals surface area contributed by atoms with Gasteiger partial charge in [-0.1, -0.05) is 12.1 Å². The number of nitrogens with one attached hydrogen (secondary N) is 1. The zero-order valence-corrected chi connectivity index (χ0v) is 16.5. The molecule has 2 amide bonds. The maximum Gasteiger partial charge on any atom is 0.322 e. The second-order valence-electron chi connectivity index (χ2n) is 8.06. The second-order valence-corrected chi connectivity index (χ2v) is 8.06. The molecule has 0 radical (unpaired) electrons. The van der Waals surface area contributed by atoms with Gasteiger partial charge in [-0.2, -0.15) is 5.10 Å². The Kier molecular flexibility index (Phi) is 4.91. The standard InChI is InChI=1S/C21H29N5O/c1-15-12-16(2)25(23-15)13-17-4-6-18(7-5-17)22-21(27)26-19-8-9-20(26)14-24(3)11-10-19/h4-7,12,19-20H,8-11,13-14H2,1-3H3,(H,22,27)/t19-,20+/m1/s1. The highest BCUT2D eigenvalue weighted by Gasteiger charge is 2.39. The molecule has 3 heterocycles. The lowest BCUT2D eigenvalue weighted by atomic mass is 10.1. The number of aromatic nitrogens is 2. The molecule has 144 valence electrons. The van der Waals surface area contributed by atoms with Crippen LogP contribution in [-0.4, -0.2) is 57.8 Å². The summed E-state index contributed by atoms with van der Waals surface area (Å²) in [6.45, 7) is 6.88. The van der Waals surface area contributed by atoms with Crippen LogP contribution in [-0.2, 0) is 6.54 Å². The summed E-state index contributed by atoms with van der Waals surface area (Å²) in [5, 5.41) is 7.62. The average Bonchev–Trinajstić information content (AvgIpc) is 3.11. The van der Waals surface area contributed by atoms with Gasteiger partial charge < -0.3 is 15.1 Å². The van der Waals surface area contributed by atoms with Crippen molar-refractivity contribution < 1.29 is 4.79 Å². The van der Waals surface area contributed by atoms with E-state index in [1.54, 1.807) is 0 Å². The van der Waals surface area contributed by atoms with E-state index in [9.17, 15) is 4.79 Å². The van der Waals surface area contributed by atoms with Crippen molar-refractivity contribution >= 4 is 11.7 Å². The van der Waals surface area contributed by atoms with Gasteiger partial charge in [0.15, 0.2) is 0 Å². The van der Waals surface area contributed by atoms with Gasteiger partial charge in [-0.15, -0.1) is 0 Å². The van der Waals surface area contributed by atoms with E-state index in [1.807, 2.05) is 23.7 Å². The Hall–Kier alpha value is -2.34. The van der Waals surface area contributed by atoms with E-state index in [2.05, 4.69) is 52.4 Å². The number of carbonyl (C=O) groups is 1. The fraction of sp³-hybridized carbons (Fsp3) is 0.524. The van der Waals surface area contributed by atoms with Gasteiger partial charge in [0.1, 0.15) is 0 Å². The van der Waals surface area contributed by atoms with Crippen LogP contribution < -0.4 is 5.32 Å². The van der Waals surface area contributed by atoms with Gasteiger partial charge in [0.05, 0.1) is 12.2 Å². The van der Waals surface area contributed by atoms with Crippen LogP contribution in [0.4, 0.5) is 10.5 Å². The second kappa shape index (κ2) is 7.35. The SMILES string of the molecule is Cc1cc(C)n(Cc2ccc(NC(=O)N3[C@@H]4CC[C@H]3CN(C)CC4)cc2)n1. The van der Waals surface area contributed by atoms with Crippen LogP contribution in [0.2, 0.25) is 0 Å². The largest absolute Gasteiger partial charge is 0.322 e. The van der Waals surface area contributed by atoms with E-state index >= 15 is 0 Å². The monoisotopic (exact) mass is 367 g/mol. The molecule has 0 aliphatic carbocycles. The van der Waals surface area contributed by atoms with Crippen LogP contribution in [0.5, 0.6) is 0 Å². The summed E-state index contributed by atoms with van der Waals surface area (Å²) in [4.78, 5) is 17.3. The predicted molar refractivity (Wildman–Crippen MR) is 107 cm³/mol. The fourth-order valence-electron chi connectivity index (χ4n) is 4.47. The number of benzene rings is 1. The molecule has 2 aliphatic rings. The van der Waals surface area contributed by atoms with E-state index < -0.39 is 0 Å². The number of anilines is 1. The number of fused-ring (bicyclic) bond motifs is 2. The molecule has 0 unspecified atom stereocenters. The first-order chi connectivity index (χ1) is 13.0. The molecule has 2 bridgehead atoms. The molecule has 1 N–H and O–H groups in total. The van der Waals surface area contributed by atoms with E-state index in [0.29, 0.717) is 12.1 Å². The van der Waals surface area contributed by atoms with Gasteiger partial charge in [-0.25, -0.2) is 4.79 Å². The Morgan fingerprint density at radius 3 is 2.59 bits per heavy atom. The van der Waals surface area contributed by atoms with Crippen molar-refractivity contribution in [3.05, 3.63) is 47.3 Å². The molecule has 2 fully saturated rings. The molecule has 1 aromatic carbocycles. The minimum absolute atomic E-state index is 0.0455. The van der Waals surface area contributed by atoms with E-state index in [4.69, 9.17) is 0 Å². The van der Waals surface area contributed by atoms with Crippen molar-refractivity contribution in [2.24, 2.45) is 0 Å². The first-order valence-electron chi connectivity index (χ1n) is 9.87. The molecule has 2 saturated heterocycles. The van der Waals surface area contributed by atoms with Crippen molar-refractivity contribution in [3.8, 4) is 0 Å². The average molecular weight is 367 g/mol. The van der Waals surface area contributed by atoms with Gasteiger partial charge in [-0.3, -0.25) is 4.68 Å². The highest BCUT2D eigenvalue weighted by Crippen LogP contribution is 2.30. The highest BCUT2D eigenvalue weighted by atomic mass is 16.2. The molecule has 4 rings (SSSR count). The first kappa shape index (κ1) is 18.0. The normalized spacial score (nSPS) is 22.7. The van der Waals surface area contributed by atoms with E-state index in [-0.39, 0.29) is 6.03 Å². The molecular formula is C21H29N5O. The third-order valence-corrected chi connectivity index (χ3v) is 5.86. The zero-order chi connectivity index (χ0) is 19.0. The van der Waals surface area contributed by atoms with Gasteiger partial charge >= 0.3 is 6.03 Å². The molecule has 2 aromatic rings. The Morgan fingerprint density at radius 1 is 1.15 bits per heavy atom. The smallest absolute Gasteiger partial charge is 0.317 e. The Labute approximate surface area is 161 Å². The van der Waals surface area contributed by atoms with Crippen LogP contribution in [0.15, 0.2) is 30.3 Å². The summed E-state index contributed by atoms with van der Waals surface area (Å²) in [6.07, 6.45) is 3.32. The number of carbonyl (C=O) groups excluding carboxylic acids is 1. The minimum Gasteiger partial charge on any atom is -0.317 e. The number of nitrogens with zero attached hydrogens (tertiary/aromatic N) is 4. The molecular weight excluding hydrogens is 338 g/mol. The number of likely N-dealkylation sites (tertiary alicyclic amines) is 1. The maximum atomic E-state index is 12.9. The van der Waals surface area contributed by atoms with Crippen molar-refractivity contribution in [1.82, 2.24) is 19.6 Å². The van der Waals surface area contributed by atoms with E-state index in [1.165, 1.54) is 5.56 Å². The van der Waals surface area contributed by atoms with Crippen LogP contribution in [0.3, 0.4) is 0 Å². The molecule has 27 heavy (non-hydrogen) atoms.